The Morgan fingerprint density at radius 2 is 1.66 bits per heavy atom. The van der Waals surface area contributed by atoms with Crippen LogP contribution in [0.25, 0.3) is 0 Å². The van der Waals surface area contributed by atoms with Crippen molar-refractivity contribution in [1.29, 1.82) is 0 Å². The molecule has 2 aliphatic rings. The topological polar surface area (TPSA) is 146 Å². The molecule has 1 aliphatic carbocycles. The average Bonchev–Trinajstić information content (AvgIpc) is 2.98. The van der Waals surface area contributed by atoms with Gasteiger partial charge in [0.05, 0.1) is 18.5 Å². The summed E-state index contributed by atoms with van der Waals surface area (Å²) in [6.45, 7) is 0.521. The number of rotatable bonds is 13. The summed E-state index contributed by atoms with van der Waals surface area (Å²) in [5.74, 6) is 0.743. The first-order chi connectivity index (χ1) is 19.7. The zero-order chi connectivity index (χ0) is 29.4. The van der Waals surface area contributed by atoms with E-state index in [1.807, 2.05) is 24.3 Å². The number of nitrogens with one attached hydrogen (secondary N) is 1. The van der Waals surface area contributed by atoms with Crippen LogP contribution in [0.3, 0.4) is 0 Å². The summed E-state index contributed by atoms with van der Waals surface area (Å²) in [6, 6.07) is 12.9. The lowest BCUT2D eigenvalue weighted by Gasteiger charge is -2.40. The number of sulfonamides is 1. The molecule has 5 N–H and O–H groups in total. The van der Waals surface area contributed by atoms with Gasteiger partial charge in [0, 0.05) is 11.6 Å². The Balaban J connectivity index is 1.22. The summed E-state index contributed by atoms with van der Waals surface area (Å²) < 4.78 is 39.1. The number of benzene rings is 2. The number of hydrogen-bond acceptors (Lipinski definition) is 8. The summed E-state index contributed by atoms with van der Waals surface area (Å²) in [4.78, 5) is 0. The SMILES string of the molecule is O=S(=O)(NCCCCCOc1ccc(Cc2cc([C@@H]3O[C@H](CO)[C@@H](O)[C@H](O)[C@H]3O)ccc2Cl)cc1)C1CCCCC1. The van der Waals surface area contributed by atoms with E-state index in [1.54, 1.807) is 18.2 Å². The van der Waals surface area contributed by atoms with E-state index in [0.29, 0.717) is 30.2 Å². The van der Waals surface area contributed by atoms with Crippen LogP contribution in [-0.2, 0) is 21.2 Å². The Hall–Kier alpha value is -1.76. The summed E-state index contributed by atoms with van der Waals surface area (Å²) in [5, 5.41) is 40.5. The molecule has 0 radical (unpaired) electrons. The molecule has 1 saturated heterocycles. The first kappa shape index (κ1) is 32.2. The van der Waals surface area contributed by atoms with Gasteiger partial charge < -0.3 is 29.9 Å². The van der Waals surface area contributed by atoms with Crippen molar-refractivity contribution < 1.29 is 38.3 Å². The lowest BCUT2D eigenvalue weighted by molar-refractivity contribution is -0.231. The van der Waals surface area contributed by atoms with Crippen molar-refractivity contribution in [2.75, 3.05) is 19.8 Å². The van der Waals surface area contributed by atoms with Crippen molar-refractivity contribution in [3.8, 4) is 5.75 Å². The molecule has 0 bridgehead atoms. The molecule has 1 aliphatic heterocycles. The maximum Gasteiger partial charge on any atom is 0.214 e. The highest BCUT2D eigenvalue weighted by Crippen LogP contribution is 2.34. The number of unbranched alkanes of at least 4 members (excludes halogenated alkanes) is 2. The number of ether oxygens (including phenoxy) is 2. The third-order valence-electron chi connectivity index (χ3n) is 7.99. The van der Waals surface area contributed by atoms with Gasteiger partial charge >= 0.3 is 0 Å². The van der Waals surface area contributed by atoms with E-state index < -0.39 is 47.2 Å². The fraction of sp³-hybridized carbons (Fsp3) is 0.600. The second kappa shape index (κ2) is 15.1. The molecule has 2 fully saturated rings. The lowest BCUT2D eigenvalue weighted by atomic mass is 9.90. The molecule has 11 heteroatoms. The van der Waals surface area contributed by atoms with Crippen molar-refractivity contribution in [1.82, 2.24) is 4.72 Å². The summed E-state index contributed by atoms with van der Waals surface area (Å²) in [5.41, 5.74) is 2.38. The van der Waals surface area contributed by atoms with Gasteiger partial charge in [0.1, 0.15) is 36.3 Å². The third-order valence-corrected chi connectivity index (χ3v) is 10.3. The van der Waals surface area contributed by atoms with Crippen LogP contribution in [-0.4, -0.2) is 78.3 Å². The van der Waals surface area contributed by atoms with Gasteiger partial charge in [0.25, 0.3) is 0 Å². The van der Waals surface area contributed by atoms with Crippen LogP contribution >= 0.6 is 11.6 Å². The molecule has 0 amide bonds. The van der Waals surface area contributed by atoms with E-state index in [0.717, 1.165) is 68.2 Å². The zero-order valence-electron chi connectivity index (χ0n) is 23.2. The highest BCUT2D eigenvalue weighted by molar-refractivity contribution is 7.90. The van der Waals surface area contributed by atoms with E-state index in [1.165, 1.54) is 0 Å². The molecule has 1 heterocycles. The molecular weight excluding hydrogens is 570 g/mol. The lowest BCUT2D eigenvalue weighted by Crippen LogP contribution is -2.55. The average molecular weight is 612 g/mol. The van der Waals surface area contributed by atoms with Gasteiger partial charge in [0.15, 0.2) is 0 Å². The minimum Gasteiger partial charge on any atom is -0.494 e. The first-order valence-corrected chi connectivity index (χ1v) is 16.4. The molecule has 5 atom stereocenters. The quantitative estimate of drug-likeness (QED) is 0.217. The predicted molar refractivity (Wildman–Crippen MR) is 157 cm³/mol. The highest BCUT2D eigenvalue weighted by atomic mass is 35.5. The molecular formula is C30H42ClNO8S. The Labute approximate surface area is 247 Å². The monoisotopic (exact) mass is 611 g/mol. The fourth-order valence-corrected chi connectivity index (χ4v) is 7.31. The third kappa shape index (κ3) is 8.64. The van der Waals surface area contributed by atoms with Crippen LogP contribution in [0.1, 0.15) is 74.2 Å². The molecule has 9 nitrogen and oxygen atoms in total. The molecule has 0 unspecified atom stereocenters. The van der Waals surface area contributed by atoms with Gasteiger partial charge in [-0.3, -0.25) is 0 Å². The van der Waals surface area contributed by atoms with Crippen LogP contribution in [0.15, 0.2) is 42.5 Å². The molecule has 2 aromatic rings. The Bertz CT molecular complexity index is 1200. The summed E-state index contributed by atoms with van der Waals surface area (Å²) in [7, 11) is -3.20. The van der Waals surface area contributed by atoms with Crippen molar-refractivity contribution in [2.45, 2.75) is 93.6 Å². The van der Waals surface area contributed by atoms with Crippen molar-refractivity contribution in [2.24, 2.45) is 0 Å². The molecule has 4 rings (SSSR count). The van der Waals surface area contributed by atoms with Crippen LogP contribution < -0.4 is 9.46 Å². The Kier molecular flexibility index (Phi) is 11.9. The van der Waals surface area contributed by atoms with Crippen LogP contribution in [0, 0.1) is 0 Å². The van der Waals surface area contributed by atoms with Crippen molar-refractivity contribution in [3.63, 3.8) is 0 Å². The molecule has 228 valence electrons. The second-order valence-corrected chi connectivity index (χ2v) is 13.5. The van der Waals surface area contributed by atoms with Crippen LogP contribution in [0.5, 0.6) is 5.75 Å². The number of halogens is 1. The van der Waals surface area contributed by atoms with Gasteiger partial charge in [0.2, 0.25) is 10.0 Å². The normalized spacial score (nSPS) is 25.7. The van der Waals surface area contributed by atoms with E-state index in [2.05, 4.69) is 4.72 Å². The smallest absolute Gasteiger partial charge is 0.214 e. The molecule has 0 aromatic heterocycles. The largest absolute Gasteiger partial charge is 0.494 e. The number of hydrogen-bond donors (Lipinski definition) is 5. The predicted octanol–water partition coefficient (Wildman–Crippen LogP) is 3.25. The summed E-state index contributed by atoms with van der Waals surface area (Å²) >= 11 is 6.45. The zero-order valence-corrected chi connectivity index (χ0v) is 24.8. The number of aliphatic hydroxyl groups excluding tert-OH is 4. The van der Waals surface area contributed by atoms with Gasteiger partial charge in [-0.05, 0) is 73.4 Å². The van der Waals surface area contributed by atoms with E-state index in [4.69, 9.17) is 21.1 Å². The highest BCUT2D eigenvalue weighted by Gasteiger charge is 2.44. The first-order valence-electron chi connectivity index (χ1n) is 14.5. The van der Waals surface area contributed by atoms with E-state index in [-0.39, 0.29) is 5.25 Å². The van der Waals surface area contributed by atoms with E-state index >= 15 is 0 Å². The van der Waals surface area contributed by atoms with Gasteiger partial charge in [-0.25, -0.2) is 13.1 Å². The molecule has 41 heavy (non-hydrogen) atoms. The summed E-state index contributed by atoms with van der Waals surface area (Å²) in [6.07, 6.45) is 1.52. The fourth-order valence-electron chi connectivity index (χ4n) is 5.51. The van der Waals surface area contributed by atoms with Crippen molar-refractivity contribution in [3.05, 3.63) is 64.2 Å². The maximum atomic E-state index is 12.4. The Morgan fingerprint density at radius 3 is 2.37 bits per heavy atom. The van der Waals surface area contributed by atoms with Crippen LogP contribution in [0.2, 0.25) is 5.02 Å². The molecule has 0 spiro atoms. The van der Waals surface area contributed by atoms with Gasteiger partial charge in [-0.2, -0.15) is 0 Å². The second-order valence-electron chi connectivity index (χ2n) is 11.0. The van der Waals surface area contributed by atoms with Gasteiger partial charge in [-0.15, -0.1) is 0 Å². The van der Waals surface area contributed by atoms with Gasteiger partial charge in [-0.1, -0.05) is 55.1 Å². The minimum atomic E-state index is -3.20. The van der Waals surface area contributed by atoms with Crippen LogP contribution in [0.4, 0.5) is 0 Å². The molecule has 1 saturated carbocycles. The Morgan fingerprint density at radius 1 is 0.927 bits per heavy atom. The van der Waals surface area contributed by atoms with Crippen molar-refractivity contribution >= 4 is 21.6 Å². The molecule has 2 aromatic carbocycles. The van der Waals surface area contributed by atoms with E-state index in [9.17, 15) is 28.8 Å². The standard InChI is InChI=1S/C30H42ClNO8S/c31-25-14-11-21(30-29(36)28(35)27(34)26(19-33)40-30)18-22(25)17-20-9-12-23(13-10-20)39-16-6-2-5-15-32-41(37,38)24-7-3-1-4-8-24/h9-14,18,24,26-30,32-36H,1-8,15-17,19H2/t26-,27-,28+,29-,30+/m1/s1. The maximum absolute atomic E-state index is 12.4. The minimum absolute atomic E-state index is 0.232. The number of aliphatic hydroxyl groups is 4.